The Balaban J connectivity index is 2.38. The Morgan fingerprint density at radius 2 is 2.18 bits per heavy atom. The fourth-order valence-electron chi connectivity index (χ4n) is 1.76. The standard InChI is InChI=1S/C10H13N5O2/c1-6-9(10(16)17)7(2)15(13-6)4-8-11-5-12-14(8)3/h5H,4H2,1-3H3,(H,16,17). The second kappa shape index (κ2) is 4.00. The maximum Gasteiger partial charge on any atom is 0.339 e. The molecule has 7 nitrogen and oxygen atoms in total. The van der Waals surface area contributed by atoms with E-state index in [1.165, 1.54) is 6.33 Å². The third-order valence-electron chi connectivity index (χ3n) is 2.69. The molecule has 0 aliphatic heterocycles. The molecule has 0 aromatic carbocycles. The van der Waals surface area contributed by atoms with Crippen LogP contribution >= 0.6 is 0 Å². The molecule has 0 aliphatic carbocycles. The smallest absolute Gasteiger partial charge is 0.339 e. The molecule has 0 spiro atoms. The summed E-state index contributed by atoms with van der Waals surface area (Å²) in [5.74, 6) is -0.225. The molecule has 2 heterocycles. The van der Waals surface area contributed by atoms with Gasteiger partial charge in [-0.2, -0.15) is 10.2 Å². The van der Waals surface area contributed by atoms with Crippen molar-refractivity contribution in [3.8, 4) is 0 Å². The Kier molecular flexibility index (Phi) is 2.66. The Hall–Kier alpha value is -2.18. The minimum Gasteiger partial charge on any atom is -0.478 e. The molecule has 0 atom stereocenters. The summed E-state index contributed by atoms with van der Waals surface area (Å²) >= 11 is 0. The highest BCUT2D eigenvalue weighted by atomic mass is 16.4. The fraction of sp³-hybridized carbons (Fsp3) is 0.400. The maximum absolute atomic E-state index is 11.0. The van der Waals surface area contributed by atoms with E-state index in [4.69, 9.17) is 5.11 Å². The SMILES string of the molecule is Cc1nn(Cc2ncnn2C)c(C)c1C(=O)O. The first-order valence-corrected chi connectivity index (χ1v) is 5.11. The topological polar surface area (TPSA) is 85.8 Å². The van der Waals surface area contributed by atoms with Gasteiger partial charge in [0.2, 0.25) is 0 Å². The monoisotopic (exact) mass is 235 g/mol. The van der Waals surface area contributed by atoms with Gasteiger partial charge in [-0.1, -0.05) is 0 Å². The Morgan fingerprint density at radius 3 is 2.65 bits per heavy atom. The lowest BCUT2D eigenvalue weighted by Crippen LogP contribution is -2.10. The Morgan fingerprint density at radius 1 is 1.47 bits per heavy atom. The zero-order valence-corrected chi connectivity index (χ0v) is 9.88. The van der Waals surface area contributed by atoms with E-state index < -0.39 is 5.97 Å². The van der Waals surface area contributed by atoms with E-state index in [9.17, 15) is 4.79 Å². The molecule has 90 valence electrons. The summed E-state index contributed by atoms with van der Waals surface area (Å²) in [7, 11) is 1.78. The summed E-state index contributed by atoms with van der Waals surface area (Å²) in [6, 6.07) is 0. The number of carboxylic acids is 1. The summed E-state index contributed by atoms with van der Waals surface area (Å²) in [6.07, 6.45) is 1.46. The molecule has 2 aromatic rings. The Bertz CT molecular complexity index is 569. The highest BCUT2D eigenvalue weighted by Gasteiger charge is 2.18. The molecule has 2 aromatic heterocycles. The van der Waals surface area contributed by atoms with Gasteiger partial charge >= 0.3 is 5.97 Å². The average Bonchev–Trinajstić information content (AvgIpc) is 2.73. The van der Waals surface area contributed by atoms with Gasteiger partial charge in [0.05, 0.1) is 11.4 Å². The first-order valence-electron chi connectivity index (χ1n) is 5.11. The first-order chi connectivity index (χ1) is 8.00. The average molecular weight is 235 g/mol. The molecule has 0 saturated heterocycles. The van der Waals surface area contributed by atoms with Gasteiger partial charge in [0.1, 0.15) is 24.3 Å². The number of carboxylic acid groups (broad SMARTS) is 1. The molecule has 1 N–H and O–H groups in total. The van der Waals surface area contributed by atoms with Crippen LogP contribution in [0.4, 0.5) is 0 Å². The van der Waals surface area contributed by atoms with Crippen molar-refractivity contribution in [2.45, 2.75) is 20.4 Å². The van der Waals surface area contributed by atoms with Crippen molar-refractivity contribution in [3.63, 3.8) is 0 Å². The minimum absolute atomic E-state index is 0.257. The predicted molar refractivity (Wildman–Crippen MR) is 58.8 cm³/mol. The molecule has 17 heavy (non-hydrogen) atoms. The number of aryl methyl sites for hydroxylation is 2. The van der Waals surface area contributed by atoms with Gasteiger partial charge in [0.25, 0.3) is 0 Å². The maximum atomic E-state index is 11.0. The molecular weight excluding hydrogens is 222 g/mol. The lowest BCUT2D eigenvalue weighted by Gasteiger charge is -2.03. The highest BCUT2D eigenvalue weighted by molar-refractivity contribution is 5.90. The third kappa shape index (κ3) is 1.91. The third-order valence-corrected chi connectivity index (χ3v) is 2.69. The van der Waals surface area contributed by atoms with E-state index in [2.05, 4.69) is 15.2 Å². The van der Waals surface area contributed by atoms with Gasteiger partial charge in [-0.25, -0.2) is 9.78 Å². The van der Waals surface area contributed by atoms with Crippen LogP contribution in [0.25, 0.3) is 0 Å². The van der Waals surface area contributed by atoms with Crippen molar-refractivity contribution in [1.82, 2.24) is 24.5 Å². The quantitative estimate of drug-likeness (QED) is 0.830. The van der Waals surface area contributed by atoms with E-state index in [1.807, 2.05) is 0 Å². The normalized spacial score (nSPS) is 10.8. The lowest BCUT2D eigenvalue weighted by molar-refractivity contribution is 0.0695. The lowest BCUT2D eigenvalue weighted by atomic mass is 10.2. The van der Waals surface area contributed by atoms with Gasteiger partial charge in [-0.3, -0.25) is 9.36 Å². The van der Waals surface area contributed by atoms with Crippen molar-refractivity contribution in [2.24, 2.45) is 7.05 Å². The minimum atomic E-state index is -0.954. The molecule has 0 radical (unpaired) electrons. The summed E-state index contributed by atoms with van der Waals surface area (Å²) in [5, 5.41) is 17.2. The summed E-state index contributed by atoms with van der Waals surface area (Å²) in [5.41, 5.74) is 1.39. The number of carbonyl (C=O) groups is 1. The van der Waals surface area contributed by atoms with E-state index >= 15 is 0 Å². The highest BCUT2D eigenvalue weighted by Crippen LogP contribution is 2.13. The van der Waals surface area contributed by atoms with Crippen LogP contribution in [-0.2, 0) is 13.6 Å². The van der Waals surface area contributed by atoms with Crippen LogP contribution in [0.2, 0.25) is 0 Å². The summed E-state index contributed by atoms with van der Waals surface area (Å²) < 4.78 is 3.26. The van der Waals surface area contributed by atoms with Crippen LogP contribution < -0.4 is 0 Å². The summed E-state index contributed by atoms with van der Waals surface area (Å²) in [4.78, 5) is 15.1. The Labute approximate surface area is 97.7 Å². The molecule has 0 bridgehead atoms. The number of aromatic carboxylic acids is 1. The van der Waals surface area contributed by atoms with Gasteiger partial charge in [0, 0.05) is 7.05 Å². The van der Waals surface area contributed by atoms with Crippen molar-refractivity contribution in [2.75, 3.05) is 0 Å². The van der Waals surface area contributed by atoms with Crippen LogP contribution in [0.5, 0.6) is 0 Å². The number of hydrogen-bond acceptors (Lipinski definition) is 4. The van der Waals surface area contributed by atoms with E-state index in [-0.39, 0.29) is 5.56 Å². The predicted octanol–water partition coefficient (Wildman–Crippen LogP) is 0.375. The number of aromatic nitrogens is 5. The zero-order valence-electron chi connectivity index (χ0n) is 9.88. The van der Waals surface area contributed by atoms with Crippen LogP contribution in [0.15, 0.2) is 6.33 Å². The molecule has 2 rings (SSSR count). The largest absolute Gasteiger partial charge is 0.478 e. The van der Waals surface area contributed by atoms with Gasteiger partial charge in [-0.15, -0.1) is 0 Å². The van der Waals surface area contributed by atoms with Crippen molar-refractivity contribution < 1.29 is 9.90 Å². The van der Waals surface area contributed by atoms with Gasteiger partial charge in [0.15, 0.2) is 0 Å². The molecule has 0 amide bonds. The van der Waals surface area contributed by atoms with Crippen molar-refractivity contribution in [1.29, 1.82) is 0 Å². The second-order valence-corrected chi connectivity index (χ2v) is 3.81. The van der Waals surface area contributed by atoms with Gasteiger partial charge in [-0.05, 0) is 13.8 Å². The van der Waals surface area contributed by atoms with Gasteiger partial charge < -0.3 is 5.11 Å². The van der Waals surface area contributed by atoms with Crippen LogP contribution in [0.3, 0.4) is 0 Å². The first kappa shape index (κ1) is 11.3. The van der Waals surface area contributed by atoms with Crippen molar-refractivity contribution >= 4 is 5.97 Å². The molecule has 0 fully saturated rings. The molecule has 0 saturated carbocycles. The number of hydrogen-bond donors (Lipinski definition) is 1. The van der Waals surface area contributed by atoms with Crippen LogP contribution in [-0.4, -0.2) is 35.6 Å². The molecule has 0 unspecified atom stereocenters. The second-order valence-electron chi connectivity index (χ2n) is 3.81. The molecular formula is C10H13N5O2. The molecule has 7 heteroatoms. The summed E-state index contributed by atoms with van der Waals surface area (Å²) in [6.45, 7) is 3.83. The van der Waals surface area contributed by atoms with E-state index in [0.29, 0.717) is 17.9 Å². The fourth-order valence-corrected chi connectivity index (χ4v) is 1.76. The van der Waals surface area contributed by atoms with Crippen LogP contribution in [0.1, 0.15) is 27.6 Å². The van der Waals surface area contributed by atoms with Crippen molar-refractivity contribution in [3.05, 3.63) is 29.1 Å². The number of rotatable bonds is 3. The van der Waals surface area contributed by atoms with E-state index in [1.54, 1.807) is 30.3 Å². The number of nitrogens with zero attached hydrogens (tertiary/aromatic N) is 5. The zero-order chi connectivity index (χ0) is 12.6. The molecule has 0 aliphatic rings. The van der Waals surface area contributed by atoms with E-state index in [0.717, 1.165) is 5.82 Å². The van der Waals surface area contributed by atoms with Crippen LogP contribution in [0, 0.1) is 13.8 Å².